The van der Waals surface area contributed by atoms with Crippen LogP contribution in [0, 0.1) is 0 Å². The van der Waals surface area contributed by atoms with Crippen molar-refractivity contribution in [3.8, 4) is 22.6 Å². The van der Waals surface area contributed by atoms with Gasteiger partial charge in [0.05, 0.1) is 11.2 Å². The average molecular weight is 588 g/mol. The van der Waals surface area contributed by atoms with E-state index in [1.807, 2.05) is 0 Å². The molecule has 0 amide bonds. The van der Waals surface area contributed by atoms with E-state index in [0.29, 0.717) is 5.89 Å². The van der Waals surface area contributed by atoms with Gasteiger partial charge in [0.15, 0.2) is 5.58 Å². The lowest BCUT2D eigenvalue weighted by atomic mass is 9.78. The van der Waals surface area contributed by atoms with Gasteiger partial charge >= 0.3 is 7.12 Å². The molecule has 220 valence electrons. The molecule has 2 aliphatic rings. The van der Waals surface area contributed by atoms with E-state index in [2.05, 4.69) is 139 Å². The number of rotatable bonds is 2. The Kier molecular flexibility index (Phi) is 5.29. The second-order valence-electron chi connectivity index (χ2n) is 14.3. The Morgan fingerprint density at radius 1 is 0.600 bits per heavy atom. The first-order chi connectivity index (χ1) is 21.5. The fourth-order valence-electron chi connectivity index (χ4n) is 7.45. The molecule has 7 aromatic rings. The van der Waals surface area contributed by atoms with Crippen LogP contribution in [0.4, 0.5) is 0 Å². The quantitative estimate of drug-likeness (QED) is 0.149. The number of oxazole rings is 1. The third-order valence-corrected chi connectivity index (χ3v) is 10.7. The highest BCUT2D eigenvalue weighted by atomic mass is 16.7. The van der Waals surface area contributed by atoms with E-state index in [-0.39, 0.29) is 16.6 Å². The number of benzene rings is 6. The normalized spacial score (nSPS) is 17.9. The summed E-state index contributed by atoms with van der Waals surface area (Å²) in [5, 5.41) is 6.86. The summed E-state index contributed by atoms with van der Waals surface area (Å²) in [5.74, 6) is 0.646. The molecule has 1 aliphatic carbocycles. The number of hydrogen-bond donors (Lipinski definition) is 0. The smallest absolute Gasteiger partial charge is 0.435 e. The maximum atomic E-state index is 6.73. The second kappa shape index (κ2) is 8.84. The van der Waals surface area contributed by atoms with Crippen molar-refractivity contribution in [2.45, 2.75) is 58.2 Å². The highest BCUT2D eigenvalue weighted by Crippen LogP contribution is 2.49. The molecule has 5 heteroatoms. The third kappa shape index (κ3) is 3.71. The topological polar surface area (TPSA) is 44.5 Å². The highest BCUT2D eigenvalue weighted by molar-refractivity contribution is 6.62. The van der Waals surface area contributed by atoms with Crippen molar-refractivity contribution in [2.24, 2.45) is 0 Å². The van der Waals surface area contributed by atoms with Crippen LogP contribution in [0.25, 0.3) is 66.0 Å². The van der Waals surface area contributed by atoms with Crippen molar-refractivity contribution < 1.29 is 13.7 Å². The largest absolute Gasteiger partial charge is 0.494 e. The van der Waals surface area contributed by atoms with Crippen LogP contribution in [0.5, 0.6) is 0 Å². The van der Waals surface area contributed by atoms with Crippen LogP contribution in [-0.2, 0) is 14.7 Å². The standard InChI is InChI=1S/C40H34BNO3/c1-38(2)31-10-8-7-9-29(31)30-18-15-26(22-32(30)38)37-42-33-20-16-24-12-11-23-13-14-25-21-27(41-44-39(3,4)40(5,6)45-41)17-19-28(25)34(23)35(24)36(33)43-37/h7-22H,1-6H3. The van der Waals surface area contributed by atoms with Gasteiger partial charge in [0, 0.05) is 21.8 Å². The molecule has 0 radical (unpaired) electrons. The molecule has 0 bridgehead atoms. The molecule has 0 unspecified atom stereocenters. The van der Waals surface area contributed by atoms with Gasteiger partial charge < -0.3 is 13.7 Å². The van der Waals surface area contributed by atoms with E-state index < -0.39 is 7.12 Å². The molecule has 1 fully saturated rings. The number of fused-ring (bicyclic) bond motifs is 10. The zero-order valence-electron chi connectivity index (χ0n) is 26.5. The highest BCUT2D eigenvalue weighted by Gasteiger charge is 2.51. The van der Waals surface area contributed by atoms with Gasteiger partial charge in [0.1, 0.15) is 5.52 Å². The van der Waals surface area contributed by atoms with Gasteiger partial charge in [0.2, 0.25) is 5.89 Å². The average Bonchev–Trinajstić information content (AvgIpc) is 3.64. The molecule has 0 saturated carbocycles. The van der Waals surface area contributed by atoms with Crippen molar-refractivity contribution in [1.82, 2.24) is 4.98 Å². The van der Waals surface area contributed by atoms with Crippen LogP contribution in [0.3, 0.4) is 0 Å². The Morgan fingerprint density at radius 3 is 2.04 bits per heavy atom. The summed E-state index contributed by atoms with van der Waals surface area (Å²) in [7, 11) is -0.406. The maximum absolute atomic E-state index is 6.73. The first-order valence-electron chi connectivity index (χ1n) is 15.8. The molecule has 4 nitrogen and oxygen atoms in total. The van der Waals surface area contributed by atoms with Gasteiger partial charge in [-0.1, -0.05) is 92.7 Å². The van der Waals surface area contributed by atoms with Gasteiger partial charge in [-0.15, -0.1) is 0 Å². The summed E-state index contributed by atoms with van der Waals surface area (Å²) in [6.45, 7) is 13.0. The van der Waals surface area contributed by atoms with Gasteiger partial charge in [-0.25, -0.2) is 4.98 Å². The van der Waals surface area contributed by atoms with Crippen LogP contribution in [0.2, 0.25) is 0 Å². The molecule has 9 rings (SSSR count). The Morgan fingerprint density at radius 2 is 1.27 bits per heavy atom. The minimum Gasteiger partial charge on any atom is -0.435 e. The fraction of sp³-hybridized carbons (Fsp3) is 0.225. The maximum Gasteiger partial charge on any atom is 0.494 e. The minimum absolute atomic E-state index is 0.0886. The molecular weight excluding hydrogens is 553 g/mol. The van der Waals surface area contributed by atoms with E-state index >= 15 is 0 Å². The lowest BCUT2D eigenvalue weighted by Gasteiger charge is -2.32. The summed E-state index contributed by atoms with van der Waals surface area (Å²) in [6, 6.07) is 34.9. The van der Waals surface area contributed by atoms with E-state index in [1.54, 1.807) is 0 Å². The lowest BCUT2D eigenvalue weighted by Crippen LogP contribution is -2.41. The van der Waals surface area contributed by atoms with Gasteiger partial charge in [-0.05, 0) is 95.2 Å². The van der Waals surface area contributed by atoms with Gasteiger partial charge in [-0.2, -0.15) is 0 Å². The molecule has 45 heavy (non-hydrogen) atoms. The number of aromatic nitrogens is 1. The molecule has 1 saturated heterocycles. The predicted molar refractivity (Wildman–Crippen MR) is 185 cm³/mol. The first kappa shape index (κ1) is 26.9. The summed E-state index contributed by atoms with van der Waals surface area (Å²) < 4.78 is 19.5. The number of nitrogens with zero attached hydrogens (tertiary/aromatic N) is 1. The van der Waals surface area contributed by atoms with Crippen LogP contribution in [0.15, 0.2) is 101 Å². The summed E-state index contributed by atoms with van der Waals surface area (Å²) in [6.07, 6.45) is 0. The molecule has 0 N–H and O–H groups in total. The molecule has 0 spiro atoms. The lowest BCUT2D eigenvalue weighted by molar-refractivity contribution is 0.00578. The SMILES string of the molecule is CC1(C)c2ccccc2-c2ccc(-c3nc4ccc5ccc6ccc7cc(B8OC(C)(C)C(C)(C)O8)ccc7c6c5c4o3)cc21. The zero-order chi connectivity index (χ0) is 30.9. The van der Waals surface area contributed by atoms with Gasteiger partial charge in [0.25, 0.3) is 0 Å². The van der Waals surface area contributed by atoms with Crippen LogP contribution in [-0.4, -0.2) is 23.3 Å². The Labute approximate surface area is 263 Å². The minimum atomic E-state index is -0.406. The second-order valence-corrected chi connectivity index (χ2v) is 14.3. The first-order valence-corrected chi connectivity index (χ1v) is 15.8. The molecular formula is C40H34BNO3. The molecule has 0 atom stereocenters. The monoisotopic (exact) mass is 587 g/mol. The summed E-state index contributed by atoms with van der Waals surface area (Å²) in [4.78, 5) is 5.04. The van der Waals surface area contributed by atoms with Crippen molar-refractivity contribution in [1.29, 1.82) is 0 Å². The van der Waals surface area contributed by atoms with E-state index in [9.17, 15) is 0 Å². The van der Waals surface area contributed by atoms with Crippen molar-refractivity contribution in [3.63, 3.8) is 0 Å². The molecule has 1 aromatic heterocycles. The van der Waals surface area contributed by atoms with Gasteiger partial charge in [-0.3, -0.25) is 0 Å². The van der Waals surface area contributed by atoms with Crippen LogP contribution < -0.4 is 5.46 Å². The molecule has 6 aromatic carbocycles. The van der Waals surface area contributed by atoms with Crippen LogP contribution in [0.1, 0.15) is 52.7 Å². The summed E-state index contributed by atoms with van der Waals surface area (Å²) in [5.41, 5.74) is 8.10. The van der Waals surface area contributed by atoms with E-state index in [4.69, 9.17) is 18.7 Å². The van der Waals surface area contributed by atoms with E-state index in [0.717, 1.165) is 38.3 Å². The van der Waals surface area contributed by atoms with Crippen LogP contribution >= 0.6 is 0 Å². The predicted octanol–water partition coefficient (Wildman–Crippen LogP) is 9.56. The fourth-order valence-corrected chi connectivity index (χ4v) is 7.45. The zero-order valence-corrected chi connectivity index (χ0v) is 26.5. The molecule has 1 aliphatic heterocycles. The van der Waals surface area contributed by atoms with E-state index in [1.165, 1.54) is 38.4 Å². The molecule has 2 heterocycles. The van der Waals surface area contributed by atoms with Crippen molar-refractivity contribution in [3.05, 3.63) is 108 Å². The number of hydrogen-bond acceptors (Lipinski definition) is 4. The Balaban J connectivity index is 1.21. The van der Waals surface area contributed by atoms with Crippen molar-refractivity contribution >= 4 is 56.0 Å². The third-order valence-electron chi connectivity index (χ3n) is 10.7. The Hall–Kier alpha value is -4.45. The Bertz CT molecular complexity index is 2370. The summed E-state index contributed by atoms with van der Waals surface area (Å²) >= 11 is 0. The van der Waals surface area contributed by atoms with Crippen molar-refractivity contribution in [2.75, 3.05) is 0 Å².